The van der Waals surface area contributed by atoms with Gasteiger partial charge in [0.15, 0.2) is 11.9 Å². The van der Waals surface area contributed by atoms with Gasteiger partial charge in [0.25, 0.3) is 0 Å². The van der Waals surface area contributed by atoms with Gasteiger partial charge in [-0.25, -0.2) is 4.98 Å². The van der Waals surface area contributed by atoms with Crippen LogP contribution in [0.25, 0.3) is 5.65 Å². The Hall–Kier alpha value is -1.06. The maximum atomic E-state index is 10.8. The Kier molecular flexibility index (Phi) is 2.21. The summed E-state index contributed by atoms with van der Waals surface area (Å²) >= 11 is 11.7. The summed E-state index contributed by atoms with van der Waals surface area (Å²) in [5, 5.41) is 0.914. The van der Waals surface area contributed by atoms with Crippen LogP contribution >= 0.6 is 23.2 Å². The zero-order valence-electron chi connectivity index (χ0n) is 7.29. The number of carbonyl (C=O) groups excluding carboxylic acids is 1. The molecule has 14 heavy (non-hydrogen) atoms. The van der Waals surface area contributed by atoms with Gasteiger partial charge >= 0.3 is 0 Å². The average Bonchev–Trinajstić information content (AvgIpc) is 2.41. The third-order valence-electron chi connectivity index (χ3n) is 1.97. The van der Waals surface area contributed by atoms with Crippen LogP contribution in [0.15, 0.2) is 12.3 Å². The van der Waals surface area contributed by atoms with E-state index in [1.54, 1.807) is 23.6 Å². The number of aryl methyl sites for hydroxylation is 1. The van der Waals surface area contributed by atoms with Crippen LogP contribution in [0.1, 0.15) is 16.2 Å². The van der Waals surface area contributed by atoms with E-state index in [4.69, 9.17) is 23.2 Å². The molecular weight excluding hydrogens is 223 g/mol. The minimum atomic E-state index is 0.439. The summed E-state index contributed by atoms with van der Waals surface area (Å²) in [4.78, 5) is 14.9. The van der Waals surface area contributed by atoms with Crippen LogP contribution in [-0.2, 0) is 0 Å². The van der Waals surface area contributed by atoms with Crippen LogP contribution in [0, 0.1) is 6.92 Å². The molecule has 0 saturated heterocycles. The van der Waals surface area contributed by atoms with Crippen molar-refractivity contribution in [3.8, 4) is 0 Å². The summed E-state index contributed by atoms with van der Waals surface area (Å²) in [7, 11) is 0. The molecular formula is C9H6Cl2N2O. The molecule has 3 nitrogen and oxygen atoms in total. The molecule has 0 aromatic carbocycles. The predicted octanol–water partition coefficient (Wildman–Crippen LogP) is 2.76. The lowest BCUT2D eigenvalue weighted by molar-refractivity contribution is 0.111. The summed E-state index contributed by atoms with van der Waals surface area (Å²) in [6.45, 7) is 1.75. The van der Waals surface area contributed by atoms with Crippen molar-refractivity contribution in [1.29, 1.82) is 0 Å². The topological polar surface area (TPSA) is 34.4 Å². The molecule has 2 heterocycles. The second kappa shape index (κ2) is 3.26. The van der Waals surface area contributed by atoms with Crippen LogP contribution in [0.4, 0.5) is 0 Å². The van der Waals surface area contributed by atoms with Crippen molar-refractivity contribution in [2.45, 2.75) is 6.92 Å². The van der Waals surface area contributed by atoms with Crippen LogP contribution in [0.3, 0.4) is 0 Å². The largest absolute Gasteiger partial charge is 0.296 e. The highest BCUT2D eigenvalue weighted by Gasteiger charge is 2.10. The quantitative estimate of drug-likeness (QED) is 0.704. The summed E-state index contributed by atoms with van der Waals surface area (Å²) < 4.78 is 1.59. The van der Waals surface area contributed by atoms with Crippen LogP contribution < -0.4 is 0 Å². The fourth-order valence-corrected chi connectivity index (χ4v) is 1.86. The van der Waals surface area contributed by atoms with Crippen molar-refractivity contribution >= 4 is 35.1 Å². The Morgan fingerprint density at radius 3 is 2.86 bits per heavy atom. The van der Waals surface area contributed by atoms with Gasteiger partial charge < -0.3 is 0 Å². The minimum absolute atomic E-state index is 0.439. The number of nitrogens with zero attached hydrogens (tertiary/aromatic N) is 2. The van der Waals surface area contributed by atoms with Crippen molar-refractivity contribution in [3.05, 3.63) is 33.7 Å². The first-order valence-corrected chi connectivity index (χ1v) is 4.68. The lowest BCUT2D eigenvalue weighted by Gasteiger charge is -1.98. The van der Waals surface area contributed by atoms with Crippen molar-refractivity contribution in [1.82, 2.24) is 9.38 Å². The standard InChI is InChI=1S/C9H6Cl2N2O/c1-5-8(4-14)13-3-6(10)2-7(11)9(13)12-5/h2-4H,1H3. The second-order valence-electron chi connectivity index (χ2n) is 2.90. The van der Waals surface area contributed by atoms with Crippen molar-refractivity contribution in [2.75, 3.05) is 0 Å². The zero-order chi connectivity index (χ0) is 10.3. The number of hydrogen-bond donors (Lipinski definition) is 0. The summed E-state index contributed by atoms with van der Waals surface area (Å²) in [5.41, 5.74) is 1.67. The fraction of sp³-hybridized carbons (Fsp3) is 0.111. The third kappa shape index (κ3) is 1.29. The van der Waals surface area contributed by atoms with Gasteiger partial charge in [0.1, 0.15) is 5.69 Å². The normalized spacial score (nSPS) is 10.8. The van der Waals surface area contributed by atoms with E-state index in [-0.39, 0.29) is 0 Å². The van der Waals surface area contributed by atoms with Gasteiger partial charge in [-0.2, -0.15) is 0 Å². The number of aldehydes is 1. The molecule has 2 aromatic rings. The SMILES string of the molecule is Cc1nc2c(Cl)cc(Cl)cn2c1C=O. The molecule has 0 amide bonds. The van der Waals surface area contributed by atoms with E-state index in [2.05, 4.69) is 4.98 Å². The van der Waals surface area contributed by atoms with Crippen LogP contribution in [0.5, 0.6) is 0 Å². The number of fused-ring (bicyclic) bond motifs is 1. The predicted molar refractivity (Wildman–Crippen MR) is 55.3 cm³/mol. The monoisotopic (exact) mass is 228 g/mol. The Labute approximate surface area is 90.3 Å². The summed E-state index contributed by atoms with van der Waals surface area (Å²) in [5.74, 6) is 0. The molecule has 0 atom stereocenters. The van der Waals surface area contributed by atoms with Crippen LogP contribution in [0.2, 0.25) is 10.0 Å². The number of rotatable bonds is 1. The first-order valence-electron chi connectivity index (χ1n) is 3.92. The molecule has 0 unspecified atom stereocenters. The highest BCUT2D eigenvalue weighted by atomic mass is 35.5. The second-order valence-corrected chi connectivity index (χ2v) is 3.74. The Morgan fingerprint density at radius 1 is 1.50 bits per heavy atom. The van der Waals surface area contributed by atoms with Gasteiger partial charge in [-0.15, -0.1) is 0 Å². The maximum absolute atomic E-state index is 10.8. The van der Waals surface area contributed by atoms with E-state index in [1.165, 1.54) is 0 Å². The van der Waals surface area contributed by atoms with Crippen molar-refractivity contribution < 1.29 is 4.79 Å². The Bertz CT molecular complexity index is 519. The highest BCUT2D eigenvalue weighted by Crippen LogP contribution is 2.23. The summed E-state index contributed by atoms with van der Waals surface area (Å²) in [6.07, 6.45) is 2.36. The summed E-state index contributed by atoms with van der Waals surface area (Å²) in [6, 6.07) is 1.60. The lowest BCUT2D eigenvalue weighted by atomic mass is 10.4. The Balaban J connectivity index is 2.94. The number of hydrogen-bond acceptors (Lipinski definition) is 2. The number of imidazole rings is 1. The molecule has 0 fully saturated rings. The maximum Gasteiger partial charge on any atom is 0.168 e. The number of pyridine rings is 1. The van der Waals surface area contributed by atoms with Gasteiger partial charge in [-0.1, -0.05) is 23.2 Å². The van der Waals surface area contributed by atoms with E-state index < -0.39 is 0 Å². The van der Waals surface area contributed by atoms with E-state index in [1.807, 2.05) is 0 Å². The van der Waals surface area contributed by atoms with E-state index in [9.17, 15) is 4.79 Å². The number of carbonyl (C=O) groups is 1. The average molecular weight is 229 g/mol. The molecule has 5 heteroatoms. The molecule has 0 radical (unpaired) electrons. The molecule has 72 valence electrons. The molecule has 2 aromatic heterocycles. The van der Waals surface area contributed by atoms with E-state index in [0.29, 0.717) is 27.1 Å². The Morgan fingerprint density at radius 2 is 2.21 bits per heavy atom. The minimum Gasteiger partial charge on any atom is -0.296 e. The molecule has 0 N–H and O–H groups in total. The zero-order valence-corrected chi connectivity index (χ0v) is 8.80. The number of halogens is 2. The third-order valence-corrected chi connectivity index (χ3v) is 2.46. The first-order chi connectivity index (χ1) is 6.63. The molecule has 0 saturated carbocycles. The van der Waals surface area contributed by atoms with Gasteiger partial charge in [0.2, 0.25) is 0 Å². The van der Waals surface area contributed by atoms with Crippen molar-refractivity contribution in [2.24, 2.45) is 0 Å². The van der Waals surface area contributed by atoms with Gasteiger partial charge in [-0.05, 0) is 13.0 Å². The number of aromatic nitrogens is 2. The first kappa shape index (κ1) is 9.49. The molecule has 0 spiro atoms. The van der Waals surface area contributed by atoms with Crippen molar-refractivity contribution in [3.63, 3.8) is 0 Å². The highest BCUT2D eigenvalue weighted by molar-refractivity contribution is 6.36. The smallest absolute Gasteiger partial charge is 0.168 e. The van der Waals surface area contributed by atoms with E-state index >= 15 is 0 Å². The molecule has 0 aliphatic rings. The molecule has 2 rings (SSSR count). The molecule has 0 aliphatic carbocycles. The van der Waals surface area contributed by atoms with Gasteiger partial charge in [-0.3, -0.25) is 9.20 Å². The molecule has 0 aliphatic heterocycles. The van der Waals surface area contributed by atoms with Gasteiger partial charge in [0, 0.05) is 6.20 Å². The van der Waals surface area contributed by atoms with Crippen LogP contribution in [-0.4, -0.2) is 15.7 Å². The lowest BCUT2D eigenvalue weighted by Crippen LogP contribution is -1.92. The molecule has 0 bridgehead atoms. The van der Waals surface area contributed by atoms with Gasteiger partial charge in [0.05, 0.1) is 15.7 Å². The van der Waals surface area contributed by atoms with E-state index in [0.717, 1.165) is 6.29 Å². The fourth-order valence-electron chi connectivity index (χ4n) is 1.35.